The minimum Gasteiger partial charge on any atom is -0.370 e. The molecule has 0 saturated heterocycles. The van der Waals surface area contributed by atoms with Gasteiger partial charge in [0.2, 0.25) is 0 Å². The number of aromatic nitrogens is 1. The quantitative estimate of drug-likeness (QED) is 0.795. The topological polar surface area (TPSA) is 24.9 Å². The molecule has 2 nitrogen and oxygen atoms in total. The standard InChI is InChI=1S/C15H16F2N2S/c1-2-6-18-15-8-11(5-7-19-15)10-20-12-3-4-13(16)14(17)9-12/h3-5,7-9H,2,6,10H2,1H3,(H,18,19). The number of halogens is 2. The van der Waals surface area contributed by atoms with Gasteiger partial charge in [0.15, 0.2) is 11.6 Å². The molecule has 1 heterocycles. The van der Waals surface area contributed by atoms with Crippen LogP contribution in [0.15, 0.2) is 41.4 Å². The Kier molecular flexibility index (Phi) is 5.35. The van der Waals surface area contributed by atoms with Crippen molar-refractivity contribution >= 4 is 17.6 Å². The van der Waals surface area contributed by atoms with Gasteiger partial charge in [-0.1, -0.05) is 6.92 Å². The smallest absolute Gasteiger partial charge is 0.159 e. The molecule has 1 N–H and O–H groups in total. The summed E-state index contributed by atoms with van der Waals surface area (Å²) in [4.78, 5) is 4.94. The zero-order chi connectivity index (χ0) is 14.4. The number of hydrogen-bond donors (Lipinski definition) is 1. The monoisotopic (exact) mass is 294 g/mol. The Balaban J connectivity index is 1.97. The lowest BCUT2D eigenvalue weighted by atomic mass is 10.3. The van der Waals surface area contributed by atoms with Crippen molar-refractivity contribution in [1.82, 2.24) is 4.98 Å². The largest absolute Gasteiger partial charge is 0.370 e. The molecule has 0 radical (unpaired) electrons. The van der Waals surface area contributed by atoms with Crippen LogP contribution in [0.25, 0.3) is 0 Å². The fourth-order valence-electron chi connectivity index (χ4n) is 1.65. The summed E-state index contributed by atoms with van der Waals surface area (Å²) >= 11 is 1.47. The first-order chi connectivity index (χ1) is 9.69. The van der Waals surface area contributed by atoms with Gasteiger partial charge in [0.1, 0.15) is 5.82 Å². The summed E-state index contributed by atoms with van der Waals surface area (Å²) in [7, 11) is 0. The van der Waals surface area contributed by atoms with Gasteiger partial charge < -0.3 is 5.32 Å². The van der Waals surface area contributed by atoms with Gasteiger partial charge in [-0.2, -0.15) is 0 Å². The lowest BCUT2D eigenvalue weighted by Crippen LogP contribution is -2.01. The van der Waals surface area contributed by atoms with E-state index in [2.05, 4.69) is 17.2 Å². The molecule has 2 aromatic rings. The Morgan fingerprint density at radius 1 is 1.15 bits per heavy atom. The molecule has 0 atom stereocenters. The van der Waals surface area contributed by atoms with E-state index in [1.807, 2.05) is 12.1 Å². The molecule has 2 rings (SSSR count). The number of pyridine rings is 1. The zero-order valence-corrected chi connectivity index (χ0v) is 12.0. The van der Waals surface area contributed by atoms with Gasteiger partial charge in [-0.25, -0.2) is 13.8 Å². The Bertz CT molecular complexity index is 576. The number of nitrogens with one attached hydrogen (secondary N) is 1. The second-order valence-electron chi connectivity index (χ2n) is 4.34. The van der Waals surface area contributed by atoms with Crippen LogP contribution in [-0.4, -0.2) is 11.5 Å². The third kappa shape index (κ3) is 4.20. The fourth-order valence-corrected chi connectivity index (χ4v) is 2.51. The molecule has 0 spiro atoms. The van der Waals surface area contributed by atoms with Gasteiger partial charge in [-0.3, -0.25) is 0 Å². The van der Waals surface area contributed by atoms with Crippen molar-refractivity contribution in [2.75, 3.05) is 11.9 Å². The van der Waals surface area contributed by atoms with E-state index in [0.717, 1.165) is 30.4 Å². The summed E-state index contributed by atoms with van der Waals surface area (Å²) in [6.45, 7) is 2.97. The van der Waals surface area contributed by atoms with Gasteiger partial charge in [-0.05, 0) is 42.3 Å². The Morgan fingerprint density at radius 2 is 2.00 bits per heavy atom. The average Bonchev–Trinajstić information content (AvgIpc) is 2.47. The Labute approximate surface area is 121 Å². The first-order valence-electron chi connectivity index (χ1n) is 6.45. The van der Waals surface area contributed by atoms with Gasteiger partial charge in [0.25, 0.3) is 0 Å². The summed E-state index contributed by atoms with van der Waals surface area (Å²) in [6, 6.07) is 7.85. The molecule has 1 aromatic carbocycles. The van der Waals surface area contributed by atoms with Crippen LogP contribution in [0.4, 0.5) is 14.6 Å². The number of hydrogen-bond acceptors (Lipinski definition) is 3. The fraction of sp³-hybridized carbons (Fsp3) is 0.267. The lowest BCUT2D eigenvalue weighted by Gasteiger charge is -2.06. The molecular weight excluding hydrogens is 278 g/mol. The van der Waals surface area contributed by atoms with Gasteiger partial charge in [-0.15, -0.1) is 11.8 Å². The van der Waals surface area contributed by atoms with E-state index in [-0.39, 0.29) is 0 Å². The molecule has 1 aromatic heterocycles. The minimum absolute atomic E-state index is 0.689. The van der Waals surface area contributed by atoms with Crippen molar-refractivity contribution in [1.29, 1.82) is 0 Å². The van der Waals surface area contributed by atoms with Crippen molar-refractivity contribution in [3.05, 3.63) is 53.7 Å². The Hall–Kier alpha value is -1.62. The van der Waals surface area contributed by atoms with Crippen LogP contribution in [0.3, 0.4) is 0 Å². The highest BCUT2D eigenvalue weighted by Gasteiger charge is 2.04. The summed E-state index contributed by atoms with van der Waals surface area (Å²) in [5.74, 6) is -0.0939. The van der Waals surface area contributed by atoms with Crippen molar-refractivity contribution in [3.8, 4) is 0 Å². The average molecular weight is 294 g/mol. The number of thioether (sulfide) groups is 1. The first kappa shape index (κ1) is 14.8. The second-order valence-corrected chi connectivity index (χ2v) is 5.39. The highest BCUT2D eigenvalue weighted by atomic mass is 32.2. The number of rotatable bonds is 6. The third-order valence-electron chi connectivity index (χ3n) is 2.68. The summed E-state index contributed by atoms with van der Waals surface area (Å²) in [6.07, 6.45) is 2.79. The molecule has 0 aliphatic carbocycles. The highest BCUT2D eigenvalue weighted by molar-refractivity contribution is 7.98. The molecule has 20 heavy (non-hydrogen) atoms. The van der Waals surface area contributed by atoms with Crippen LogP contribution in [0.5, 0.6) is 0 Å². The van der Waals surface area contributed by atoms with Crippen molar-refractivity contribution < 1.29 is 8.78 Å². The molecule has 0 unspecified atom stereocenters. The number of benzene rings is 1. The predicted molar refractivity (Wildman–Crippen MR) is 78.9 cm³/mol. The molecule has 0 aliphatic rings. The van der Waals surface area contributed by atoms with E-state index in [1.165, 1.54) is 17.8 Å². The number of nitrogens with zero attached hydrogens (tertiary/aromatic N) is 1. The van der Waals surface area contributed by atoms with Crippen LogP contribution in [0.2, 0.25) is 0 Å². The lowest BCUT2D eigenvalue weighted by molar-refractivity contribution is 0.506. The van der Waals surface area contributed by atoms with Gasteiger partial charge in [0.05, 0.1) is 0 Å². The van der Waals surface area contributed by atoms with E-state index >= 15 is 0 Å². The summed E-state index contributed by atoms with van der Waals surface area (Å²) < 4.78 is 25.9. The van der Waals surface area contributed by atoms with Crippen LogP contribution in [0, 0.1) is 11.6 Å². The van der Waals surface area contributed by atoms with Crippen molar-refractivity contribution in [3.63, 3.8) is 0 Å². The van der Waals surface area contributed by atoms with E-state index in [4.69, 9.17) is 0 Å². The zero-order valence-electron chi connectivity index (χ0n) is 11.2. The molecule has 106 valence electrons. The summed E-state index contributed by atoms with van der Waals surface area (Å²) in [5, 5.41) is 3.22. The molecule has 5 heteroatoms. The molecule has 0 fully saturated rings. The van der Waals surface area contributed by atoms with Crippen LogP contribution in [0.1, 0.15) is 18.9 Å². The van der Waals surface area contributed by atoms with E-state index in [9.17, 15) is 8.78 Å². The van der Waals surface area contributed by atoms with Crippen LogP contribution < -0.4 is 5.32 Å². The van der Waals surface area contributed by atoms with Crippen LogP contribution in [-0.2, 0) is 5.75 Å². The summed E-state index contributed by atoms with van der Waals surface area (Å²) in [5.41, 5.74) is 1.09. The molecule has 0 amide bonds. The molecule has 0 saturated carbocycles. The second kappa shape index (κ2) is 7.24. The van der Waals surface area contributed by atoms with Crippen LogP contribution >= 0.6 is 11.8 Å². The van der Waals surface area contributed by atoms with E-state index in [1.54, 1.807) is 12.3 Å². The first-order valence-corrected chi connectivity index (χ1v) is 7.44. The third-order valence-corrected chi connectivity index (χ3v) is 3.74. The SMILES string of the molecule is CCCNc1cc(CSc2ccc(F)c(F)c2)ccn1. The molecule has 0 aliphatic heterocycles. The van der Waals surface area contributed by atoms with E-state index in [0.29, 0.717) is 10.6 Å². The highest BCUT2D eigenvalue weighted by Crippen LogP contribution is 2.24. The van der Waals surface area contributed by atoms with Crippen molar-refractivity contribution in [2.45, 2.75) is 24.0 Å². The van der Waals surface area contributed by atoms with Gasteiger partial charge in [0, 0.05) is 23.4 Å². The van der Waals surface area contributed by atoms with Gasteiger partial charge >= 0.3 is 0 Å². The maximum Gasteiger partial charge on any atom is 0.159 e. The maximum atomic E-state index is 13.1. The predicted octanol–water partition coefficient (Wildman–Crippen LogP) is 4.47. The minimum atomic E-state index is -0.815. The Morgan fingerprint density at radius 3 is 2.75 bits per heavy atom. The van der Waals surface area contributed by atoms with E-state index < -0.39 is 11.6 Å². The maximum absolute atomic E-state index is 13.1. The normalized spacial score (nSPS) is 10.6. The number of anilines is 1. The molecular formula is C15H16F2N2S. The molecule has 0 bridgehead atoms. The van der Waals surface area contributed by atoms with Crippen molar-refractivity contribution in [2.24, 2.45) is 0 Å².